The maximum atomic E-state index is 11.9. The Morgan fingerprint density at radius 2 is 1.89 bits per heavy atom. The van der Waals surface area contributed by atoms with E-state index in [1.165, 1.54) is 12.1 Å². The molecule has 0 N–H and O–H groups in total. The van der Waals surface area contributed by atoms with E-state index in [4.69, 9.17) is 11.6 Å². The molecule has 0 saturated heterocycles. The van der Waals surface area contributed by atoms with E-state index in [9.17, 15) is 13.2 Å². The van der Waals surface area contributed by atoms with Crippen molar-refractivity contribution in [3.05, 3.63) is 41.5 Å². The maximum absolute atomic E-state index is 11.9. The molecule has 0 saturated carbocycles. The van der Waals surface area contributed by atoms with E-state index in [0.29, 0.717) is 12.3 Å². The van der Waals surface area contributed by atoms with Crippen molar-refractivity contribution in [1.29, 1.82) is 0 Å². The molecule has 0 spiro atoms. The predicted octanol–water partition coefficient (Wildman–Crippen LogP) is 4.70. The minimum Gasteiger partial charge on any atom is -0.406 e. The smallest absolute Gasteiger partial charge is 0.406 e. The summed E-state index contributed by atoms with van der Waals surface area (Å²) in [6.45, 7) is 1.96. The van der Waals surface area contributed by atoms with Gasteiger partial charge in [-0.1, -0.05) is 23.8 Å². The molecule has 0 aliphatic rings. The van der Waals surface area contributed by atoms with Crippen molar-refractivity contribution in [1.82, 2.24) is 0 Å². The Kier molecular flexibility index (Phi) is 5.54. The molecule has 1 rings (SSSR count). The average molecular weight is 279 g/mol. The second kappa shape index (κ2) is 6.69. The van der Waals surface area contributed by atoms with Crippen molar-refractivity contribution in [2.24, 2.45) is 0 Å². The van der Waals surface area contributed by atoms with Gasteiger partial charge < -0.3 is 4.74 Å². The summed E-state index contributed by atoms with van der Waals surface area (Å²) in [4.78, 5) is 0. The number of alkyl halides is 4. The van der Waals surface area contributed by atoms with Gasteiger partial charge in [0.15, 0.2) is 0 Å². The van der Waals surface area contributed by atoms with Crippen LogP contribution >= 0.6 is 11.6 Å². The zero-order valence-electron chi connectivity index (χ0n) is 9.93. The van der Waals surface area contributed by atoms with Crippen LogP contribution in [0, 0.1) is 0 Å². The molecule has 0 aliphatic heterocycles. The second-order valence-electron chi connectivity index (χ2n) is 3.90. The summed E-state index contributed by atoms with van der Waals surface area (Å²) in [6.07, 6.45) is -1.13. The molecule has 0 atom stereocenters. The summed E-state index contributed by atoms with van der Waals surface area (Å²) in [5.74, 6) is 0.365. The molecule has 0 fully saturated rings. The molecule has 0 amide bonds. The van der Waals surface area contributed by atoms with E-state index >= 15 is 0 Å². The van der Waals surface area contributed by atoms with Gasteiger partial charge >= 0.3 is 6.36 Å². The largest absolute Gasteiger partial charge is 0.573 e. The fraction of sp³-hybridized carbons (Fsp3) is 0.385. The van der Waals surface area contributed by atoms with Crippen LogP contribution in [0.1, 0.15) is 18.9 Å². The van der Waals surface area contributed by atoms with Gasteiger partial charge in [-0.2, -0.15) is 0 Å². The first kappa shape index (κ1) is 14.9. The second-order valence-corrected chi connectivity index (χ2v) is 4.27. The van der Waals surface area contributed by atoms with Crippen LogP contribution in [0.4, 0.5) is 13.2 Å². The van der Waals surface area contributed by atoms with E-state index < -0.39 is 6.36 Å². The molecule has 1 nitrogen and oxygen atoms in total. The van der Waals surface area contributed by atoms with Gasteiger partial charge in [-0.25, -0.2) is 0 Å². The molecular weight excluding hydrogens is 265 g/mol. The van der Waals surface area contributed by atoms with Crippen LogP contribution in [-0.2, 0) is 6.42 Å². The Morgan fingerprint density at radius 3 is 2.39 bits per heavy atom. The van der Waals surface area contributed by atoms with Gasteiger partial charge in [-0.15, -0.1) is 24.8 Å². The highest BCUT2D eigenvalue weighted by Gasteiger charge is 2.30. The van der Waals surface area contributed by atoms with Crippen molar-refractivity contribution < 1.29 is 17.9 Å². The highest BCUT2D eigenvalue weighted by molar-refractivity contribution is 6.17. The van der Waals surface area contributed by atoms with Crippen LogP contribution in [0.25, 0.3) is 0 Å². The minimum absolute atomic E-state index is 0.200. The maximum Gasteiger partial charge on any atom is 0.573 e. The highest BCUT2D eigenvalue weighted by atomic mass is 35.5. The summed E-state index contributed by atoms with van der Waals surface area (Å²) in [5.41, 5.74) is 2.08. The van der Waals surface area contributed by atoms with Crippen LogP contribution in [0.2, 0.25) is 0 Å². The summed E-state index contributed by atoms with van der Waals surface area (Å²) in [6, 6.07) is 5.88. The third-order valence-electron chi connectivity index (χ3n) is 2.24. The first-order valence-corrected chi connectivity index (χ1v) is 6.00. The molecule has 0 unspecified atom stereocenters. The minimum atomic E-state index is -4.64. The van der Waals surface area contributed by atoms with Gasteiger partial charge in [-0.3, -0.25) is 0 Å². The molecule has 1 aromatic carbocycles. The highest BCUT2D eigenvalue weighted by Crippen LogP contribution is 2.23. The Bertz CT molecular complexity index is 396. The van der Waals surface area contributed by atoms with Crippen LogP contribution in [-0.4, -0.2) is 12.2 Å². The summed E-state index contributed by atoms with van der Waals surface area (Å²) < 4.78 is 39.6. The fourth-order valence-corrected chi connectivity index (χ4v) is 1.61. The molecule has 0 aromatic heterocycles. The summed E-state index contributed by atoms with van der Waals surface area (Å²) in [5, 5.41) is 0. The Labute approximate surface area is 109 Å². The van der Waals surface area contributed by atoms with Crippen LogP contribution < -0.4 is 4.74 Å². The van der Waals surface area contributed by atoms with Gasteiger partial charge in [-0.05, 0) is 37.5 Å². The monoisotopic (exact) mass is 278 g/mol. The number of halogens is 4. The lowest BCUT2D eigenvalue weighted by Crippen LogP contribution is -2.17. The SMILES string of the molecule is CC(=CCCCl)Cc1ccc(OC(F)(F)F)cc1. The van der Waals surface area contributed by atoms with Crippen LogP contribution in [0.5, 0.6) is 5.75 Å². The molecule has 0 aliphatic carbocycles. The lowest BCUT2D eigenvalue weighted by atomic mass is 10.1. The molecule has 0 radical (unpaired) electrons. The van der Waals surface area contributed by atoms with E-state index in [-0.39, 0.29) is 5.75 Å². The summed E-state index contributed by atoms with van der Waals surface area (Å²) in [7, 11) is 0. The molecular formula is C13H14ClF3O. The number of benzene rings is 1. The molecule has 100 valence electrons. The Hall–Kier alpha value is -1.16. The molecule has 18 heavy (non-hydrogen) atoms. The number of hydrogen-bond donors (Lipinski definition) is 0. The summed E-state index contributed by atoms with van der Waals surface area (Å²) >= 11 is 5.56. The van der Waals surface area contributed by atoms with Crippen molar-refractivity contribution in [2.75, 3.05) is 5.88 Å². The molecule has 1 aromatic rings. The fourth-order valence-electron chi connectivity index (χ4n) is 1.50. The van der Waals surface area contributed by atoms with Crippen molar-refractivity contribution in [3.8, 4) is 5.75 Å². The van der Waals surface area contributed by atoms with Crippen LogP contribution in [0.3, 0.4) is 0 Å². The van der Waals surface area contributed by atoms with E-state index in [1.54, 1.807) is 12.1 Å². The van der Waals surface area contributed by atoms with Gasteiger partial charge in [0.1, 0.15) is 5.75 Å². The zero-order chi connectivity index (χ0) is 13.6. The number of ether oxygens (including phenoxy) is 1. The lowest BCUT2D eigenvalue weighted by Gasteiger charge is -2.09. The third kappa shape index (κ3) is 5.96. The Balaban J connectivity index is 2.60. The quantitative estimate of drug-likeness (QED) is 0.560. The zero-order valence-corrected chi connectivity index (χ0v) is 10.7. The predicted molar refractivity (Wildman–Crippen MR) is 65.9 cm³/mol. The Morgan fingerprint density at radius 1 is 1.28 bits per heavy atom. The van der Waals surface area contributed by atoms with Crippen molar-refractivity contribution >= 4 is 11.6 Å². The van der Waals surface area contributed by atoms with Crippen molar-refractivity contribution in [2.45, 2.75) is 26.1 Å². The normalized spacial score (nSPS) is 12.6. The molecule has 5 heteroatoms. The lowest BCUT2D eigenvalue weighted by molar-refractivity contribution is -0.274. The van der Waals surface area contributed by atoms with E-state index in [0.717, 1.165) is 17.6 Å². The first-order valence-electron chi connectivity index (χ1n) is 5.47. The van der Waals surface area contributed by atoms with Gasteiger partial charge in [0.25, 0.3) is 0 Å². The van der Waals surface area contributed by atoms with Gasteiger partial charge in [0, 0.05) is 5.88 Å². The third-order valence-corrected chi connectivity index (χ3v) is 2.46. The van der Waals surface area contributed by atoms with Crippen molar-refractivity contribution in [3.63, 3.8) is 0 Å². The number of hydrogen-bond acceptors (Lipinski definition) is 1. The van der Waals surface area contributed by atoms with Gasteiger partial charge in [0.2, 0.25) is 0 Å². The van der Waals surface area contributed by atoms with E-state index in [1.807, 2.05) is 13.0 Å². The number of allylic oxidation sites excluding steroid dienone is 2. The molecule has 0 heterocycles. The van der Waals surface area contributed by atoms with Gasteiger partial charge in [0.05, 0.1) is 0 Å². The first-order chi connectivity index (χ1) is 8.40. The average Bonchev–Trinajstić information content (AvgIpc) is 2.27. The topological polar surface area (TPSA) is 9.23 Å². The van der Waals surface area contributed by atoms with Crippen LogP contribution in [0.15, 0.2) is 35.9 Å². The number of rotatable bonds is 5. The van der Waals surface area contributed by atoms with E-state index in [2.05, 4.69) is 4.74 Å². The standard InChI is InChI=1S/C13H14ClF3O/c1-10(3-2-8-14)9-11-4-6-12(7-5-11)18-13(15,16)17/h3-7H,2,8-9H2,1H3. The molecule has 0 bridgehead atoms.